The highest BCUT2D eigenvalue weighted by molar-refractivity contribution is 6.25. The van der Waals surface area contributed by atoms with Gasteiger partial charge in [0.1, 0.15) is 6.54 Å². The molecule has 0 unspecified atom stereocenters. The maximum absolute atomic E-state index is 14.1. The standard InChI is InChI=1S/C34H32N6O3/c1-21-11-15-23(16-12-21)19-25-7-6-10-27-29(25)36-40(31(27)24-17-13-22(2)14-18-24)28(41)20-38-32-30(35-37-38)33(42)39(34(32)43)26-8-4-3-5-9-26/h3-5,8-9,11-19,27,30-32H,6-7,10,20H2,1-2H3/b25-19-/t27-,30+,31+,32-/m1/s1. The molecule has 0 bridgehead atoms. The molecule has 0 radical (unpaired) electrons. The molecule has 4 atom stereocenters. The number of hydrazone groups is 1. The van der Waals surface area contributed by atoms with E-state index in [1.807, 2.05) is 13.0 Å². The quantitative estimate of drug-likeness (QED) is 0.381. The summed E-state index contributed by atoms with van der Waals surface area (Å²) in [7, 11) is 0. The van der Waals surface area contributed by atoms with Gasteiger partial charge in [-0.25, -0.2) is 9.91 Å². The number of carbonyl (C=O) groups excluding carboxylic acids is 3. The Hall–Kier alpha value is -4.92. The molecule has 2 fully saturated rings. The van der Waals surface area contributed by atoms with E-state index in [0.717, 1.165) is 52.1 Å². The topological polar surface area (TPSA) is 98.0 Å². The monoisotopic (exact) mass is 572 g/mol. The average molecular weight is 573 g/mol. The predicted octanol–water partition coefficient (Wildman–Crippen LogP) is 5.42. The lowest BCUT2D eigenvalue weighted by Crippen LogP contribution is -2.45. The first-order valence-corrected chi connectivity index (χ1v) is 14.7. The molecule has 3 aromatic rings. The van der Waals surface area contributed by atoms with Crippen LogP contribution >= 0.6 is 0 Å². The number of hydrogen-bond donors (Lipinski definition) is 0. The number of allylic oxidation sites excluding steroid dienone is 1. The third kappa shape index (κ3) is 4.74. The second kappa shape index (κ2) is 10.7. The molecule has 1 saturated carbocycles. The minimum atomic E-state index is -0.968. The van der Waals surface area contributed by atoms with Gasteiger partial charge in [-0.3, -0.25) is 19.4 Å². The number of anilines is 1. The molecule has 1 aliphatic carbocycles. The maximum Gasteiger partial charge on any atom is 0.264 e. The second-order valence-electron chi connectivity index (χ2n) is 11.7. The summed E-state index contributed by atoms with van der Waals surface area (Å²) in [6, 6.07) is 23.2. The molecule has 9 nitrogen and oxygen atoms in total. The molecule has 3 amide bonds. The van der Waals surface area contributed by atoms with Crippen molar-refractivity contribution >= 4 is 35.2 Å². The molecule has 0 N–H and O–H groups in total. The van der Waals surface area contributed by atoms with Crippen LogP contribution in [0.3, 0.4) is 0 Å². The first kappa shape index (κ1) is 26.9. The summed E-state index contributed by atoms with van der Waals surface area (Å²) in [4.78, 5) is 41.8. The fourth-order valence-electron chi connectivity index (χ4n) is 6.56. The van der Waals surface area contributed by atoms with E-state index in [4.69, 9.17) is 5.10 Å². The molecule has 1 saturated heterocycles. The predicted molar refractivity (Wildman–Crippen MR) is 163 cm³/mol. The highest BCUT2D eigenvalue weighted by atomic mass is 16.2. The van der Waals surface area contributed by atoms with Crippen molar-refractivity contribution in [3.63, 3.8) is 0 Å². The summed E-state index contributed by atoms with van der Waals surface area (Å²) in [5, 5.41) is 16.2. The van der Waals surface area contributed by atoms with Crippen LogP contribution in [0.25, 0.3) is 6.08 Å². The molecule has 3 aromatic carbocycles. The molecule has 3 heterocycles. The van der Waals surface area contributed by atoms with Gasteiger partial charge in [0.05, 0.1) is 17.4 Å². The molecular weight excluding hydrogens is 540 g/mol. The second-order valence-corrected chi connectivity index (χ2v) is 11.7. The number of carbonyl (C=O) groups is 3. The largest absolute Gasteiger partial charge is 0.271 e. The number of rotatable bonds is 5. The van der Waals surface area contributed by atoms with Crippen molar-refractivity contribution in [2.75, 3.05) is 11.4 Å². The van der Waals surface area contributed by atoms with E-state index in [1.54, 1.807) is 29.3 Å². The van der Waals surface area contributed by atoms with Crippen molar-refractivity contribution < 1.29 is 14.4 Å². The van der Waals surface area contributed by atoms with Crippen LogP contribution in [-0.4, -0.2) is 52.1 Å². The summed E-state index contributed by atoms with van der Waals surface area (Å²) >= 11 is 0. The molecule has 216 valence electrons. The fourth-order valence-corrected chi connectivity index (χ4v) is 6.56. The maximum atomic E-state index is 14.1. The summed E-state index contributed by atoms with van der Waals surface area (Å²) < 4.78 is 0. The van der Waals surface area contributed by atoms with E-state index < -0.39 is 23.9 Å². The third-order valence-corrected chi connectivity index (χ3v) is 8.76. The summed E-state index contributed by atoms with van der Waals surface area (Å²) in [5.74, 6) is -1.11. The SMILES string of the molecule is Cc1ccc(/C=C2/CCC[C@@H]3C2=NN(C(=O)CN2N=N[C@@H]4C(=O)N(c5ccccc5)C(=O)[C@@H]42)[C@H]3c2ccc(C)cc2)cc1. The Labute approximate surface area is 250 Å². The molecule has 9 heteroatoms. The van der Waals surface area contributed by atoms with Crippen LogP contribution in [0.5, 0.6) is 0 Å². The van der Waals surface area contributed by atoms with Gasteiger partial charge in [0.2, 0.25) is 0 Å². The van der Waals surface area contributed by atoms with Gasteiger partial charge < -0.3 is 0 Å². The lowest BCUT2D eigenvalue weighted by Gasteiger charge is -2.30. The van der Waals surface area contributed by atoms with E-state index in [0.29, 0.717) is 5.69 Å². The number of fused-ring (bicyclic) bond motifs is 2. The Morgan fingerprint density at radius 2 is 1.58 bits per heavy atom. The van der Waals surface area contributed by atoms with Crippen LogP contribution in [-0.2, 0) is 14.4 Å². The minimum absolute atomic E-state index is 0.0494. The van der Waals surface area contributed by atoms with Crippen molar-refractivity contribution in [1.29, 1.82) is 0 Å². The van der Waals surface area contributed by atoms with Gasteiger partial charge in [0.25, 0.3) is 17.7 Å². The first-order valence-electron chi connectivity index (χ1n) is 14.7. The van der Waals surface area contributed by atoms with Gasteiger partial charge in [-0.05, 0) is 68.0 Å². The Morgan fingerprint density at radius 1 is 0.884 bits per heavy atom. The van der Waals surface area contributed by atoms with Crippen molar-refractivity contribution in [2.24, 2.45) is 21.4 Å². The zero-order chi connectivity index (χ0) is 29.7. The van der Waals surface area contributed by atoms with Gasteiger partial charge in [0.15, 0.2) is 12.1 Å². The van der Waals surface area contributed by atoms with E-state index in [1.165, 1.54) is 10.6 Å². The van der Waals surface area contributed by atoms with Crippen molar-refractivity contribution in [3.8, 4) is 0 Å². The van der Waals surface area contributed by atoms with Crippen LogP contribution in [0, 0.1) is 19.8 Å². The van der Waals surface area contributed by atoms with Crippen LogP contribution < -0.4 is 4.90 Å². The number of aryl methyl sites for hydroxylation is 2. The summed E-state index contributed by atoms with van der Waals surface area (Å²) in [6.45, 7) is 3.90. The van der Waals surface area contributed by atoms with Gasteiger partial charge in [-0.1, -0.05) is 83.1 Å². The van der Waals surface area contributed by atoms with Crippen LogP contribution in [0.1, 0.15) is 47.6 Å². The van der Waals surface area contributed by atoms with E-state index >= 15 is 0 Å². The number of imide groups is 1. The third-order valence-electron chi connectivity index (χ3n) is 8.76. The Bertz CT molecular complexity index is 1680. The van der Waals surface area contributed by atoms with Crippen LogP contribution in [0.4, 0.5) is 5.69 Å². The fraction of sp³-hybridized carbons (Fsp3) is 0.294. The van der Waals surface area contributed by atoms with Gasteiger partial charge in [-0.2, -0.15) is 10.2 Å². The zero-order valence-electron chi connectivity index (χ0n) is 24.1. The smallest absolute Gasteiger partial charge is 0.264 e. The normalized spacial score (nSPS) is 25.4. The molecule has 4 aliphatic rings. The number of nitrogens with zero attached hydrogens (tertiary/aromatic N) is 6. The molecule has 0 spiro atoms. The Morgan fingerprint density at radius 3 is 2.30 bits per heavy atom. The first-order chi connectivity index (χ1) is 20.9. The number of hydrogen-bond acceptors (Lipinski definition) is 7. The van der Waals surface area contributed by atoms with Crippen molar-refractivity contribution in [3.05, 3.63) is 107 Å². The van der Waals surface area contributed by atoms with E-state index in [-0.39, 0.29) is 24.4 Å². The lowest BCUT2D eigenvalue weighted by atomic mass is 9.77. The van der Waals surface area contributed by atoms with Gasteiger partial charge in [-0.15, -0.1) is 0 Å². The van der Waals surface area contributed by atoms with Crippen molar-refractivity contribution in [1.82, 2.24) is 10.0 Å². The van der Waals surface area contributed by atoms with Crippen LogP contribution in [0.15, 0.2) is 99.9 Å². The van der Waals surface area contributed by atoms with Crippen molar-refractivity contribution in [2.45, 2.75) is 51.2 Å². The lowest BCUT2D eigenvalue weighted by molar-refractivity contribution is -0.136. The minimum Gasteiger partial charge on any atom is -0.271 e. The highest BCUT2D eigenvalue weighted by Gasteiger charge is 2.55. The van der Waals surface area contributed by atoms with Gasteiger partial charge in [0, 0.05) is 5.92 Å². The molecule has 7 rings (SSSR count). The summed E-state index contributed by atoms with van der Waals surface area (Å²) in [5.41, 5.74) is 7.03. The van der Waals surface area contributed by atoms with Gasteiger partial charge >= 0.3 is 0 Å². The van der Waals surface area contributed by atoms with E-state index in [2.05, 4.69) is 71.9 Å². The molecule has 43 heavy (non-hydrogen) atoms. The highest BCUT2D eigenvalue weighted by Crippen LogP contribution is 2.45. The zero-order valence-corrected chi connectivity index (χ0v) is 24.1. The number of benzene rings is 3. The molecular formula is C34H32N6O3. The Balaban J connectivity index is 1.19. The number of amides is 3. The van der Waals surface area contributed by atoms with Crippen LogP contribution in [0.2, 0.25) is 0 Å². The average Bonchev–Trinajstić information content (AvgIpc) is 3.68. The summed E-state index contributed by atoms with van der Waals surface area (Å²) in [6.07, 6.45) is 4.99. The number of para-hydroxylation sites is 1. The molecule has 3 aliphatic heterocycles. The van der Waals surface area contributed by atoms with E-state index in [9.17, 15) is 14.4 Å². The molecule has 0 aromatic heterocycles. The Kier molecular flexibility index (Phi) is 6.72.